The molecule has 0 aliphatic rings. The highest BCUT2D eigenvalue weighted by molar-refractivity contribution is 5.80. The van der Waals surface area contributed by atoms with Crippen molar-refractivity contribution in [2.45, 2.75) is 26.8 Å². The van der Waals surface area contributed by atoms with E-state index in [4.69, 9.17) is 0 Å². The quantitative estimate of drug-likeness (QED) is 0.604. The summed E-state index contributed by atoms with van der Waals surface area (Å²) in [5, 5.41) is 0.787. The first-order valence-electron chi connectivity index (χ1n) is 9.19. The number of benzene rings is 2. The highest BCUT2D eigenvalue weighted by Gasteiger charge is 2.18. The molecule has 25 heavy (non-hydrogen) atoms. The molecular formula is C21H28N3O+. The first-order valence-corrected chi connectivity index (χ1v) is 9.19. The molecule has 0 saturated carbocycles. The average molecular weight is 338 g/mol. The van der Waals surface area contributed by atoms with Crippen molar-refractivity contribution in [1.29, 1.82) is 0 Å². The highest BCUT2D eigenvalue weighted by Crippen LogP contribution is 2.17. The first-order chi connectivity index (χ1) is 12.1. The number of fused-ring (bicyclic) bond motifs is 1. The van der Waals surface area contributed by atoms with E-state index in [9.17, 15) is 4.79 Å². The molecule has 4 heteroatoms. The molecule has 3 rings (SSSR count). The van der Waals surface area contributed by atoms with Crippen LogP contribution >= 0.6 is 0 Å². The van der Waals surface area contributed by atoms with Gasteiger partial charge in [0.05, 0.1) is 43.3 Å². The van der Waals surface area contributed by atoms with Crippen molar-refractivity contribution >= 4 is 10.9 Å². The fraction of sp³-hybridized carbons (Fsp3) is 0.381. The van der Waals surface area contributed by atoms with Crippen LogP contribution in [0.4, 0.5) is 0 Å². The Morgan fingerprint density at radius 1 is 0.920 bits per heavy atom. The highest BCUT2D eigenvalue weighted by atomic mass is 16.1. The number of hydrogen-bond acceptors (Lipinski definition) is 1. The third-order valence-corrected chi connectivity index (χ3v) is 5.43. The molecule has 0 amide bonds. The van der Waals surface area contributed by atoms with Crippen LogP contribution in [0.25, 0.3) is 16.6 Å². The molecule has 1 heterocycles. The SMILES string of the molecule is CC[N+](C)(CC)CCCn1c(=O)c2ccccc2n1-c1ccccc1. The molecule has 0 fully saturated rings. The lowest BCUT2D eigenvalue weighted by molar-refractivity contribution is -0.906. The molecule has 0 N–H and O–H groups in total. The predicted octanol–water partition coefficient (Wildman–Crippen LogP) is 3.67. The van der Waals surface area contributed by atoms with Crippen LogP contribution < -0.4 is 5.56 Å². The Morgan fingerprint density at radius 3 is 2.24 bits per heavy atom. The van der Waals surface area contributed by atoms with Gasteiger partial charge in [0.25, 0.3) is 5.56 Å². The van der Waals surface area contributed by atoms with Crippen molar-refractivity contribution in [3.63, 3.8) is 0 Å². The van der Waals surface area contributed by atoms with Crippen molar-refractivity contribution < 1.29 is 4.48 Å². The second kappa shape index (κ2) is 7.28. The lowest BCUT2D eigenvalue weighted by Crippen LogP contribution is -2.44. The standard InChI is InChI=1S/C21H28N3O/c1-4-24(3,5-2)17-11-16-22-21(25)19-14-9-10-15-20(19)23(22)18-12-7-6-8-13-18/h6-10,12-15H,4-5,11,16-17H2,1-3H3/q+1. The van der Waals surface area contributed by atoms with Crippen molar-refractivity contribution in [2.75, 3.05) is 26.7 Å². The van der Waals surface area contributed by atoms with Gasteiger partial charge in [-0.05, 0) is 38.1 Å². The Bertz CT molecular complexity index is 888. The van der Waals surface area contributed by atoms with Gasteiger partial charge >= 0.3 is 0 Å². The molecule has 0 aliphatic heterocycles. The summed E-state index contributed by atoms with van der Waals surface area (Å²) in [6.45, 7) is 8.51. The zero-order chi connectivity index (χ0) is 17.9. The van der Waals surface area contributed by atoms with Gasteiger partial charge in [0.2, 0.25) is 0 Å². The summed E-state index contributed by atoms with van der Waals surface area (Å²) in [7, 11) is 2.29. The summed E-state index contributed by atoms with van der Waals surface area (Å²) < 4.78 is 5.01. The molecular weight excluding hydrogens is 310 g/mol. The van der Waals surface area contributed by atoms with Gasteiger partial charge in [-0.25, -0.2) is 4.68 Å². The fourth-order valence-electron chi connectivity index (χ4n) is 3.39. The van der Waals surface area contributed by atoms with Crippen molar-refractivity contribution in [2.24, 2.45) is 0 Å². The van der Waals surface area contributed by atoms with E-state index in [1.54, 1.807) is 0 Å². The summed E-state index contributed by atoms with van der Waals surface area (Å²) in [6, 6.07) is 18.0. The van der Waals surface area contributed by atoms with E-state index in [0.29, 0.717) is 0 Å². The van der Waals surface area contributed by atoms with E-state index in [2.05, 4.69) is 37.7 Å². The van der Waals surface area contributed by atoms with Gasteiger partial charge in [-0.3, -0.25) is 9.48 Å². The fourth-order valence-corrected chi connectivity index (χ4v) is 3.39. The normalized spacial score (nSPS) is 12.0. The number of hydrogen-bond donors (Lipinski definition) is 0. The summed E-state index contributed by atoms with van der Waals surface area (Å²) in [5.41, 5.74) is 2.10. The maximum absolute atomic E-state index is 13.0. The van der Waals surface area contributed by atoms with E-state index in [0.717, 1.165) is 53.7 Å². The van der Waals surface area contributed by atoms with Crippen LogP contribution in [0.1, 0.15) is 20.3 Å². The Balaban J connectivity index is 2.00. The van der Waals surface area contributed by atoms with Crippen LogP contribution in [0, 0.1) is 0 Å². The van der Waals surface area contributed by atoms with E-state index in [1.165, 1.54) is 0 Å². The number of para-hydroxylation sites is 2. The van der Waals surface area contributed by atoms with Crippen molar-refractivity contribution in [3.8, 4) is 5.69 Å². The second-order valence-electron chi connectivity index (χ2n) is 6.92. The molecule has 0 spiro atoms. The maximum atomic E-state index is 13.0. The van der Waals surface area contributed by atoms with Gasteiger partial charge in [0.1, 0.15) is 0 Å². The smallest absolute Gasteiger partial charge is 0.274 e. The molecule has 0 atom stereocenters. The molecule has 0 radical (unpaired) electrons. The van der Waals surface area contributed by atoms with Crippen molar-refractivity contribution in [1.82, 2.24) is 9.36 Å². The Hall–Kier alpha value is -2.33. The Labute approximate surface area is 149 Å². The topological polar surface area (TPSA) is 26.9 Å². The molecule has 0 aliphatic carbocycles. The molecule has 3 aromatic rings. The second-order valence-corrected chi connectivity index (χ2v) is 6.92. The van der Waals surface area contributed by atoms with Crippen LogP contribution in [-0.2, 0) is 6.54 Å². The largest absolute Gasteiger partial charge is 0.326 e. The third-order valence-electron chi connectivity index (χ3n) is 5.43. The van der Waals surface area contributed by atoms with E-state index in [1.807, 2.05) is 47.1 Å². The van der Waals surface area contributed by atoms with E-state index < -0.39 is 0 Å². The third kappa shape index (κ3) is 3.40. The van der Waals surface area contributed by atoms with Gasteiger partial charge in [0, 0.05) is 13.0 Å². The molecule has 132 valence electrons. The van der Waals surface area contributed by atoms with Crippen LogP contribution in [0.5, 0.6) is 0 Å². The molecule has 0 bridgehead atoms. The summed E-state index contributed by atoms with van der Waals surface area (Å²) in [6.07, 6.45) is 0.987. The number of nitrogens with zero attached hydrogens (tertiary/aromatic N) is 3. The van der Waals surface area contributed by atoms with Gasteiger partial charge < -0.3 is 4.48 Å². The molecule has 0 saturated heterocycles. The minimum Gasteiger partial charge on any atom is -0.326 e. The number of rotatable bonds is 7. The monoisotopic (exact) mass is 338 g/mol. The molecule has 0 unspecified atom stereocenters. The predicted molar refractivity (Wildman–Crippen MR) is 104 cm³/mol. The number of quaternary nitrogens is 1. The molecule has 4 nitrogen and oxygen atoms in total. The van der Waals surface area contributed by atoms with Gasteiger partial charge in [-0.1, -0.05) is 30.3 Å². The van der Waals surface area contributed by atoms with Crippen LogP contribution in [0.15, 0.2) is 59.4 Å². The molecule has 2 aromatic carbocycles. The minimum absolute atomic E-state index is 0.0988. The zero-order valence-corrected chi connectivity index (χ0v) is 15.5. The van der Waals surface area contributed by atoms with Crippen molar-refractivity contribution in [3.05, 3.63) is 65.0 Å². The lowest BCUT2D eigenvalue weighted by atomic mass is 10.2. The van der Waals surface area contributed by atoms with Gasteiger partial charge in [0.15, 0.2) is 0 Å². The van der Waals surface area contributed by atoms with Crippen LogP contribution in [-0.4, -0.2) is 40.5 Å². The number of aromatic nitrogens is 2. The zero-order valence-electron chi connectivity index (χ0n) is 15.5. The van der Waals surface area contributed by atoms with Gasteiger partial charge in [-0.15, -0.1) is 0 Å². The minimum atomic E-state index is 0.0988. The maximum Gasteiger partial charge on any atom is 0.274 e. The van der Waals surface area contributed by atoms with Crippen LogP contribution in [0.3, 0.4) is 0 Å². The summed E-state index contributed by atoms with van der Waals surface area (Å²) in [5.74, 6) is 0. The van der Waals surface area contributed by atoms with E-state index in [-0.39, 0.29) is 5.56 Å². The molecule has 1 aromatic heterocycles. The Kier molecular flexibility index (Phi) is 5.09. The van der Waals surface area contributed by atoms with Gasteiger partial charge in [-0.2, -0.15) is 0 Å². The van der Waals surface area contributed by atoms with E-state index >= 15 is 0 Å². The van der Waals surface area contributed by atoms with Crippen LogP contribution in [0.2, 0.25) is 0 Å². The lowest BCUT2D eigenvalue weighted by Gasteiger charge is -2.32. The summed E-state index contributed by atoms with van der Waals surface area (Å²) >= 11 is 0. The average Bonchev–Trinajstić information content (AvgIpc) is 2.95. The Morgan fingerprint density at radius 2 is 1.56 bits per heavy atom. The first kappa shape index (κ1) is 17.5. The summed E-state index contributed by atoms with van der Waals surface area (Å²) in [4.78, 5) is 13.0.